The number of aromatic nitrogens is 3. The van der Waals surface area contributed by atoms with E-state index in [2.05, 4.69) is 25.6 Å². The van der Waals surface area contributed by atoms with Crippen LogP contribution >= 0.6 is 24.8 Å². The predicted molar refractivity (Wildman–Crippen MR) is 164 cm³/mol. The van der Waals surface area contributed by atoms with Crippen LogP contribution in [0.4, 0.5) is 10.1 Å². The SMILES string of the molecule is C[C@@H](N)C(=O)Nc1cc(C(=O)NCCc2ccc(F)cc2)cc(-c2cnc(-c3cc4ccccc4cn3)[nH]2)c1.Cl.Cl. The van der Waals surface area contributed by atoms with Crippen LogP contribution in [0.15, 0.2) is 85.2 Å². The molecule has 0 radical (unpaired) electrons. The molecule has 0 bridgehead atoms. The number of fused-ring (bicyclic) bond motifs is 1. The molecule has 2 heterocycles. The molecule has 3 aromatic carbocycles. The van der Waals surface area contributed by atoms with Gasteiger partial charge in [0.2, 0.25) is 5.91 Å². The number of anilines is 1. The first-order valence-electron chi connectivity index (χ1n) is 12.5. The Labute approximate surface area is 248 Å². The lowest BCUT2D eigenvalue weighted by atomic mass is 10.1. The number of carbonyl (C=O) groups excluding carboxylic acids is 2. The Kier molecular flexibility index (Phi) is 10.5. The van der Waals surface area contributed by atoms with Crippen LogP contribution in [0.2, 0.25) is 0 Å². The zero-order chi connectivity index (χ0) is 27.4. The maximum atomic E-state index is 13.2. The molecule has 41 heavy (non-hydrogen) atoms. The zero-order valence-corrected chi connectivity index (χ0v) is 23.7. The van der Waals surface area contributed by atoms with Crippen LogP contribution in [0.5, 0.6) is 0 Å². The van der Waals surface area contributed by atoms with E-state index in [1.807, 2.05) is 30.3 Å². The minimum atomic E-state index is -0.723. The molecule has 5 aromatic rings. The number of benzene rings is 3. The Hall–Kier alpha value is -4.31. The number of nitrogens with two attached hydrogens (primary N) is 1. The van der Waals surface area contributed by atoms with Gasteiger partial charge in [-0.1, -0.05) is 36.4 Å². The van der Waals surface area contributed by atoms with Crippen molar-refractivity contribution in [2.75, 3.05) is 11.9 Å². The van der Waals surface area contributed by atoms with E-state index in [4.69, 9.17) is 5.73 Å². The highest BCUT2D eigenvalue weighted by Gasteiger charge is 2.15. The van der Waals surface area contributed by atoms with Gasteiger partial charge < -0.3 is 21.4 Å². The summed E-state index contributed by atoms with van der Waals surface area (Å²) < 4.78 is 13.2. The number of carbonyl (C=O) groups is 2. The van der Waals surface area contributed by atoms with Gasteiger partial charge in [0.15, 0.2) is 5.82 Å². The molecular formula is C30H29Cl2FN6O2. The van der Waals surface area contributed by atoms with Crippen LogP contribution in [-0.2, 0) is 11.2 Å². The number of halogens is 3. The smallest absolute Gasteiger partial charge is 0.251 e. The van der Waals surface area contributed by atoms with Crippen LogP contribution in [0.3, 0.4) is 0 Å². The second-order valence-electron chi connectivity index (χ2n) is 9.27. The molecule has 2 amide bonds. The fourth-order valence-electron chi connectivity index (χ4n) is 4.13. The fourth-order valence-corrected chi connectivity index (χ4v) is 4.13. The largest absolute Gasteiger partial charge is 0.352 e. The molecule has 212 valence electrons. The van der Waals surface area contributed by atoms with E-state index in [0.29, 0.717) is 47.0 Å². The molecule has 0 saturated carbocycles. The summed E-state index contributed by atoms with van der Waals surface area (Å²) in [6.07, 6.45) is 4.00. The van der Waals surface area contributed by atoms with Crippen molar-refractivity contribution in [2.24, 2.45) is 5.73 Å². The molecule has 0 aliphatic carbocycles. The van der Waals surface area contributed by atoms with Gasteiger partial charge in [-0.3, -0.25) is 14.6 Å². The lowest BCUT2D eigenvalue weighted by Gasteiger charge is -2.12. The Balaban J connectivity index is 0.00000231. The van der Waals surface area contributed by atoms with Crippen molar-refractivity contribution in [2.45, 2.75) is 19.4 Å². The molecule has 0 aliphatic heterocycles. The van der Waals surface area contributed by atoms with Gasteiger partial charge in [-0.05, 0) is 60.7 Å². The van der Waals surface area contributed by atoms with Gasteiger partial charge >= 0.3 is 0 Å². The Morgan fingerprint density at radius 3 is 2.41 bits per heavy atom. The Bertz CT molecular complexity index is 1660. The van der Waals surface area contributed by atoms with E-state index in [9.17, 15) is 14.0 Å². The number of hydrogen-bond donors (Lipinski definition) is 4. The van der Waals surface area contributed by atoms with E-state index in [1.54, 1.807) is 49.6 Å². The van der Waals surface area contributed by atoms with E-state index in [1.165, 1.54) is 12.1 Å². The lowest BCUT2D eigenvalue weighted by molar-refractivity contribution is -0.117. The second kappa shape index (κ2) is 13.8. The van der Waals surface area contributed by atoms with Gasteiger partial charge in [-0.15, -0.1) is 24.8 Å². The first kappa shape index (κ1) is 31.2. The van der Waals surface area contributed by atoms with Crippen LogP contribution in [0.25, 0.3) is 33.5 Å². The molecule has 0 aliphatic rings. The summed E-state index contributed by atoms with van der Waals surface area (Å²) in [4.78, 5) is 37.6. The molecular weight excluding hydrogens is 566 g/mol. The first-order valence-corrected chi connectivity index (χ1v) is 12.5. The van der Waals surface area contributed by atoms with Gasteiger partial charge in [-0.25, -0.2) is 9.37 Å². The standard InChI is InChI=1S/C30H27FN6O2.2ClH/c1-18(32)29(38)36-25-13-22(12-23(14-25)30(39)33-11-10-19-6-8-24(31)9-7-19)27-17-35-28(37-27)26-15-20-4-2-3-5-21(20)16-34-26;;/h2-9,12-18H,10-11,32H2,1H3,(H,33,39)(H,35,37)(H,36,38);2*1H/t18-;;/m1../s1. The third kappa shape index (κ3) is 7.67. The van der Waals surface area contributed by atoms with Crippen LogP contribution in [-0.4, -0.2) is 39.4 Å². The quantitative estimate of drug-likeness (QED) is 0.188. The minimum Gasteiger partial charge on any atom is -0.352 e. The maximum Gasteiger partial charge on any atom is 0.251 e. The summed E-state index contributed by atoms with van der Waals surface area (Å²) in [6, 6.07) is 20.4. The monoisotopic (exact) mass is 594 g/mol. The van der Waals surface area contributed by atoms with Gasteiger partial charge in [0, 0.05) is 34.9 Å². The van der Waals surface area contributed by atoms with Gasteiger partial charge in [-0.2, -0.15) is 0 Å². The molecule has 1 atom stereocenters. The summed E-state index contributed by atoms with van der Waals surface area (Å²) in [5.41, 5.74) is 9.40. The third-order valence-corrected chi connectivity index (χ3v) is 6.25. The molecule has 2 aromatic heterocycles. The number of amides is 2. The second-order valence-corrected chi connectivity index (χ2v) is 9.27. The molecule has 0 saturated heterocycles. The van der Waals surface area contributed by atoms with Gasteiger partial charge in [0.1, 0.15) is 11.5 Å². The van der Waals surface area contributed by atoms with Gasteiger partial charge in [0.05, 0.1) is 17.9 Å². The van der Waals surface area contributed by atoms with E-state index in [0.717, 1.165) is 16.3 Å². The highest BCUT2D eigenvalue weighted by Crippen LogP contribution is 2.27. The van der Waals surface area contributed by atoms with Crippen molar-refractivity contribution >= 4 is 53.1 Å². The van der Waals surface area contributed by atoms with E-state index in [-0.39, 0.29) is 42.4 Å². The number of H-pyrrole nitrogens is 1. The van der Waals surface area contributed by atoms with E-state index < -0.39 is 6.04 Å². The van der Waals surface area contributed by atoms with Crippen molar-refractivity contribution in [3.8, 4) is 22.8 Å². The number of imidazole rings is 1. The van der Waals surface area contributed by atoms with Gasteiger partial charge in [0.25, 0.3) is 5.91 Å². The van der Waals surface area contributed by atoms with Crippen LogP contribution < -0.4 is 16.4 Å². The summed E-state index contributed by atoms with van der Waals surface area (Å²) >= 11 is 0. The van der Waals surface area contributed by atoms with Crippen molar-refractivity contribution in [3.63, 3.8) is 0 Å². The summed E-state index contributed by atoms with van der Waals surface area (Å²) in [5.74, 6) is -0.419. The summed E-state index contributed by atoms with van der Waals surface area (Å²) in [5, 5.41) is 7.72. The molecule has 11 heteroatoms. The average Bonchev–Trinajstić information content (AvgIpc) is 3.44. The first-order chi connectivity index (χ1) is 18.9. The maximum absolute atomic E-state index is 13.2. The Morgan fingerprint density at radius 1 is 0.951 bits per heavy atom. The van der Waals surface area contributed by atoms with Crippen LogP contribution in [0, 0.1) is 5.82 Å². The molecule has 0 unspecified atom stereocenters. The Morgan fingerprint density at radius 2 is 1.68 bits per heavy atom. The molecule has 0 fully saturated rings. The zero-order valence-electron chi connectivity index (χ0n) is 22.1. The summed E-state index contributed by atoms with van der Waals surface area (Å²) in [6.45, 7) is 1.94. The molecule has 0 spiro atoms. The van der Waals surface area contributed by atoms with Crippen molar-refractivity contribution in [1.29, 1.82) is 0 Å². The highest BCUT2D eigenvalue weighted by molar-refractivity contribution is 6.00. The number of hydrogen-bond acceptors (Lipinski definition) is 5. The van der Waals surface area contributed by atoms with Crippen molar-refractivity contribution in [3.05, 3.63) is 102 Å². The van der Waals surface area contributed by atoms with Crippen molar-refractivity contribution in [1.82, 2.24) is 20.3 Å². The molecule has 8 nitrogen and oxygen atoms in total. The lowest BCUT2D eigenvalue weighted by Crippen LogP contribution is -2.32. The van der Waals surface area contributed by atoms with Crippen LogP contribution in [0.1, 0.15) is 22.8 Å². The number of aromatic amines is 1. The molecule has 5 N–H and O–H groups in total. The summed E-state index contributed by atoms with van der Waals surface area (Å²) in [7, 11) is 0. The third-order valence-electron chi connectivity index (χ3n) is 6.25. The number of nitrogens with one attached hydrogen (secondary N) is 3. The van der Waals surface area contributed by atoms with E-state index >= 15 is 0 Å². The number of nitrogens with zero attached hydrogens (tertiary/aromatic N) is 2. The predicted octanol–water partition coefficient (Wildman–Crippen LogP) is 5.53. The highest BCUT2D eigenvalue weighted by atomic mass is 35.5. The number of rotatable bonds is 8. The fraction of sp³-hybridized carbons (Fsp3) is 0.133. The molecule has 5 rings (SSSR count). The van der Waals surface area contributed by atoms with Crippen molar-refractivity contribution < 1.29 is 14.0 Å². The minimum absolute atomic E-state index is 0. The topological polar surface area (TPSA) is 126 Å². The average molecular weight is 596 g/mol. The normalized spacial score (nSPS) is 11.2. The number of pyridine rings is 1.